The lowest BCUT2D eigenvalue weighted by Gasteiger charge is -2.34. The molecule has 4 heterocycles. The first-order chi connectivity index (χ1) is 33.3. The fraction of sp³-hybridized carbons (Fsp3) is 0.638. The molecule has 0 radical (unpaired) electrons. The van der Waals surface area contributed by atoms with Crippen LogP contribution in [0.3, 0.4) is 0 Å². The van der Waals surface area contributed by atoms with Crippen LogP contribution in [-0.4, -0.2) is 165 Å². The number of amides is 1. The predicted octanol–water partition coefficient (Wildman–Crippen LogP) is 1.40. The highest BCUT2D eigenvalue weighted by atomic mass is 35.5. The van der Waals surface area contributed by atoms with Crippen LogP contribution in [0.15, 0.2) is 34.0 Å². The first-order valence-electron chi connectivity index (χ1n) is 23.7. The second-order valence-electron chi connectivity index (χ2n) is 18.4. The predicted molar refractivity (Wildman–Crippen MR) is 259 cm³/mol. The lowest BCUT2D eigenvalue weighted by atomic mass is 10.0. The largest absolute Gasteiger partial charge is 0.460 e. The van der Waals surface area contributed by atoms with Crippen LogP contribution in [0.2, 0.25) is 5.02 Å². The zero-order valence-electron chi connectivity index (χ0n) is 40.9. The molecule has 70 heavy (non-hydrogen) atoms. The van der Waals surface area contributed by atoms with E-state index in [9.17, 15) is 39.6 Å². The third kappa shape index (κ3) is 15.3. The first kappa shape index (κ1) is 55.5. The van der Waals surface area contributed by atoms with E-state index >= 15 is 0 Å². The quantitative estimate of drug-likeness (QED) is 0.0311. The molecule has 4 unspecified atom stereocenters. The van der Waals surface area contributed by atoms with Crippen molar-refractivity contribution in [1.29, 1.82) is 0 Å². The van der Waals surface area contributed by atoms with Crippen LogP contribution in [0.5, 0.6) is 0 Å². The monoisotopic (exact) mass is 1000 g/mol. The second kappa shape index (κ2) is 26.2. The van der Waals surface area contributed by atoms with Crippen molar-refractivity contribution in [2.24, 2.45) is 7.05 Å². The molecule has 1 aliphatic heterocycles. The van der Waals surface area contributed by atoms with Gasteiger partial charge in [0.05, 0.1) is 56.8 Å². The summed E-state index contributed by atoms with van der Waals surface area (Å²) in [7, 11) is 1.52. The number of hydrogen-bond acceptors (Lipinski definition) is 17. The Morgan fingerprint density at radius 3 is 2.51 bits per heavy atom. The highest BCUT2D eigenvalue weighted by Crippen LogP contribution is 2.25. The smallest absolute Gasteiger partial charge is 0.407 e. The Balaban J connectivity index is 1.21. The van der Waals surface area contributed by atoms with Crippen molar-refractivity contribution in [3.63, 3.8) is 0 Å². The van der Waals surface area contributed by atoms with Crippen molar-refractivity contribution in [2.75, 3.05) is 57.5 Å². The van der Waals surface area contributed by atoms with Crippen molar-refractivity contribution in [1.82, 2.24) is 43.9 Å². The molecule has 0 bridgehead atoms. The van der Waals surface area contributed by atoms with E-state index in [1.165, 1.54) is 17.7 Å². The van der Waals surface area contributed by atoms with Crippen molar-refractivity contribution in [3.8, 4) is 11.8 Å². The van der Waals surface area contributed by atoms with Gasteiger partial charge in [0.2, 0.25) is 5.95 Å². The number of anilines is 1. The maximum absolute atomic E-state index is 14.4. The van der Waals surface area contributed by atoms with Crippen molar-refractivity contribution in [3.05, 3.63) is 67.1 Å². The number of carbonyl (C=O) groups excluding carboxylic acids is 2. The van der Waals surface area contributed by atoms with Gasteiger partial charge in [0.25, 0.3) is 5.56 Å². The number of nitrogens with one attached hydrogen (secondary N) is 1. The van der Waals surface area contributed by atoms with E-state index < -0.39 is 59.9 Å². The van der Waals surface area contributed by atoms with Gasteiger partial charge in [-0.05, 0) is 71.2 Å². The molecule has 5 rings (SSSR count). The van der Waals surface area contributed by atoms with Gasteiger partial charge in [-0.2, -0.15) is 4.98 Å². The maximum atomic E-state index is 14.4. The van der Waals surface area contributed by atoms with Crippen LogP contribution in [0.1, 0.15) is 94.8 Å². The van der Waals surface area contributed by atoms with E-state index in [2.05, 4.69) is 34.4 Å². The van der Waals surface area contributed by atoms with Crippen LogP contribution in [0.4, 0.5) is 10.7 Å². The molecule has 6 N–H and O–H groups in total. The number of aromatic nitrogens is 7. The number of aliphatic hydroxyl groups is 5. The Bertz CT molecular complexity index is 2540. The molecule has 1 aliphatic rings. The summed E-state index contributed by atoms with van der Waals surface area (Å²) < 4.78 is 22.3. The molecule has 5 atom stereocenters. The Labute approximate surface area is 411 Å². The van der Waals surface area contributed by atoms with Crippen LogP contribution < -0.4 is 21.5 Å². The van der Waals surface area contributed by atoms with Gasteiger partial charge in [0, 0.05) is 50.5 Å². The number of esters is 1. The highest BCUT2D eigenvalue weighted by molar-refractivity contribution is 6.31. The summed E-state index contributed by atoms with van der Waals surface area (Å²) in [5.41, 5.74) is -0.711. The van der Waals surface area contributed by atoms with Crippen LogP contribution >= 0.6 is 11.6 Å². The standard InChI is InChI=1S/C47H69ClN10O12/c1-7-9-11-12-17-54(29-36(60)39(62)40(63)37(61)30-59)26-34-28-56(52-51-34)20-21-68-22-23-69-43(65)35-24-32(48)16-15-31(35)25-58-42(64)38-41(53(6)46(58)67)50-44(57(38)19-10-8-2)55-18-13-14-33(27-55)49-45(66)70-47(3,4)5/h15-16,24,28,33,36-37,39-40,59-63H,7,9,11-14,17-23,25-27,29-30H2,1-6H3,(H,49,66)/t33-,36?,37?,39?,40?/m1/s1. The van der Waals surface area contributed by atoms with E-state index in [4.69, 9.17) is 35.9 Å². The van der Waals surface area contributed by atoms with Gasteiger partial charge in [-0.3, -0.25) is 23.4 Å². The van der Waals surface area contributed by atoms with Gasteiger partial charge in [-0.15, -0.1) is 11.0 Å². The minimum absolute atomic E-state index is 0.0254. The molecule has 4 aromatic rings. The number of benzene rings is 1. The number of hydrogen-bond donors (Lipinski definition) is 6. The SMILES string of the molecule is CC#CCn1c(N2CCC[C@@H](NC(=O)OC(C)(C)C)C2)nc2c1c(=O)n(Cc1ccc(Cl)cc1C(=O)OCCOCCn1cc(CN(CCCCCC)CC(O)C(O)C(O)C(O)CO)nn1)c(=O)n2C. The number of imidazole rings is 1. The van der Waals surface area contributed by atoms with E-state index in [0.29, 0.717) is 49.8 Å². The number of halogens is 1. The molecular formula is C47H69ClN10O12. The molecule has 0 saturated carbocycles. The summed E-state index contributed by atoms with van der Waals surface area (Å²) in [4.78, 5) is 63.1. The molecule has 1 saturated heterocycles. The van der Waals surface area contributed by atoms with Crippen LogP contribution in [0.25, 0.3) is 11.2 Å². The highest BCUT2D eigenvalue weighted by Gasteiger charge is 2.32. The minimum atomic E-state index is -1.73. The summed E-state index contributed by atoms with van der Waals surface area (Å²) in [6.07, 6.45) is 0.0484. The molecule has 0 spiro atoms. The molecule has 1 aromatic carbocycles. The molecule has 3 aromatic heterocycles. The van der Waals surface area contributed by atoms with Crippen molar-refractivity contribution in [2.45, 2.75) is 135 Å². The average molecular weight is 1000 g/mol. The van der Waals surface area contributed by atoms with Gasteiger partial charge >= 0.3 is 17.8 Å². The number of unbranched alkanes of at least 4 members (excludes halogenated alkanes) is 3. The van der Waals surface area contributed by atoms with Gasteiger partial charge in [0.1, 0.15) is 30.5 Å². The third-order valence-corrected chi connectivity index (χ3v) is 11.9. The van der Waals surface area contributed by atoms with Crippen LogP contribution in [0, 0.1) is 11.8 Å². The fourth-order valence-corrected chi connectivity index (χ4v) is 8.23. The van der Waals surface area contributed by atoms with Gasteiger partial charge in [-0.25, -0.2) is 19.1 Å². The number of aryl methyl sites for hydroxylation is 1. The zero-order chi connectivity index (χ0) is 51.1. The second-order valence-corrected chi connectivity index (χ2v) is 18.8. The number of fused-ring (bicyclic) bond motifs is 1. The molecule has 1 amide bonds. The van der Waals surface area contributed by atoms with Gasteiger partial charge in [0.15, 0.2) is 11.2 Å². The van der Waals surface area contributed by atoms with E-state index in [-0.39, 0.29) is 73.8 Å². The summed E-state index contributed by atoms with van der Waals surface area (Å²) >= 11 is 6.34. The minimum Gasteiger partial charge on any atom is -0.460 e. The molecular weight excluding hydrogens is 932 g/mol. The van der Waals surface area contributed by atoms with Crippen molar-refractivity contribution >= 4 is 40.8 Å². The summed E-state index contributed by atoms with van der Waals surface area (Å²) in [5.74, 6) is 5.57. The van der Waals surface area contributed by atoms with Gasteiger partial charge in [-0.1, -0.05) is 55.0 Å². The number of aliphatic hydroxyl groups excluding tert-OH is 5. The Hall–Kier alpha value is -5.38. The molecule has 22 nitrogen and oxygen atoms in total. The van der Waals surface area contributed by atoms with E-state index in [0.717, 1.165) is 36.7 Å². The van der Waals surface area contributed by atoms with Crippen LogP contribution in [-0.2, 0) is 47.4 Å². The number of nitrogens with zero attached hydrogens (tertiary/aromatic N) is 9. The topological polar surface area (TPSA) is 274 Å². The maximum Gasteiger partial charge on any atom is 0.407 e. The number of alkyl carbamates (subject to hydrolysis) is 1. The van der Waals surface area contributed by atoms with E-state index in [1.807, 2.05) is 9.80 Å². The number of ether oxygens (including phenoxy) is 3. The summed E-state index contributed by atoms with van der Waals surface area (Å²) in [5, 5.41) is 61.6. The Morgan fingerprint density at radius 2 is 1.80 bits per heavy atom. The van der Waals surface area contributed by atoms with E-state index in [1.54, 1.807) is 55.3 Å². The normalized spacial score (nSPS) is 15.9. The summed E-state index contributed by atoms with van der Waals surface area (Å²) in [6, 6.07) is 4.26. The third-order valence-electron chi connectivity index (χ3n) is 11.7. The number of rotatable bonds is 25. The first-order valence-corrected chi connectivity index (χ1v) is 24.0. The summed E-state index contributed by atoms with van der Waals surface area (Å²) in [6.45, 7) is 10.4. The Kier molecular flexibility index (Phi) is 20.8. The number of carbonyl (C=O) groups is 2. The van der Waals surface area contributed by atoms with Gasteiger partial charge < -0.3 is 50.0 Å². The molecule has 23 heteroatoms. The zero-order valence-corrected chi connectivity index (χ0v) is 41.7. The fourth-order valence-electron chi connectivity index (χ4n) is 8.06. The number of piperidine rings is 1. The lowest BCUT2D eigenvalue weighted by molar-refractivity contribution is -0.119. The average Bonchev–Trinajstić information content (AvgIpc) is 3.94. The van der Waals surface area contributed by atoms with Crippen molar-refractivity contribution < 1.29 is 49.3 Å². The molecule has 386 valence electrons. The Morgan fingerprint density at radius 1 is 1.04 bits per heavy atom. The molecule has 0 aliphatic carbocycles. The molecule has 1 fully saturated rings. The lowest BCUT2D eigenvalue weighted by Crippen LogP contribution is -2.49.